The molecule has 3 aliphatic rings. The van der Waals surface area contributed by atoms with Crippen LogP contribution in [0.1, 0.15) is 60.6 Å². The molecule has 2 N–H and O–H groups in total. The summed E-state index contributed by atoms with van der Waals surface area (Å²) in [4.78, 5) is 24.1. The SMILES string of the molecule is Cn1nc(C(=O)N[C@@H]2CCC(=O)N[C@H]2C2CC2)cc1C1CC1. The van der Waals surface area contributed by atoms with E-state index in [2.05, 4.69) is 15.7 Å². The zero-order valence-electron chi connectivity index (χ0n) is 12.8. The number of piperidine rings is 1. The molecule has 0 bridgehead atoms. The quantitative estimate of drug-likeness (QED) is 0.874. The molecule has 1 aromatic rings. The maximum atomic E-state index is 12.5. The van der Waals surface area contributed by atoms with E-state index >= 15 is 0 Å². The van der Waals surface area contributed by atoms with Crippen LogP contribution in [-0.2, 0) is 11.8 Å². The molecule has 1 saturated heterocycles. The van der Waals surface area contributed by atoms with E-state index in [1.54, 1.807) is 0 Å². The minimum absolute atomic E-state index is 0.0316. The van der Waals surface area contributed by atoms with E-state index in [9.17, 15) is 9.59 Å². The van der Waals surface area contributed by atoms with Crippen LogP contribution in [0, 0.1) is 5.92 Å². The Morgan fingerprint density at radius 2 is 2.09 bits per heavy atom. The molecule has 6 nitrogen and oxygen atoms in total. The van der Waals surface area contributed by atoms with Gasteiger partial charge in [0.25, 0.3) is 5.91 Å². The van der Waals surface area contributed by atoms with Gasteiger partial charge in [0, 0.05) is 25.1 Å². The third-order valence-electron chi connectivity index (χ3n) is 5.03. The molecule has 6 heteroatoms. The third kappa shape index (κ3) is 2.62. The topological polar surface area (TPSA) is 76.0 Å². The Morgan fingerprint density at radius 1 is 1.32 bits per heavy atom. The summed E-state index contributed by atoms with van der Waals surface area (Å²) in [6, 6.07) is 2.04. The summed E-state index contributed by atoms with van der Waals surface area (Å²) >= 11 is 0. The van der Waals surface area contributed by atoms with E-state index in [0.29, 0.717) is 24.0 Å². The molecule has 1 aromatic heterocycles. The lowest BCUT2D eigenvalue weighted by molar-refractivity contribution is -0.124. The highest BCUT2D eigenvalue weighted by atomic mass is 16.2. The molecule has 2 aliphatic carbocycles. The van der Waals surface area contributed by atoms with Crippen LogP contribution in [0.2, 0.25) is 0 Å². The van der Waals surface area contributed by atoms with Crippen molar-refractivity contribution in [2.75, 3.05) is 0 Å². The number of nitrogens with one attached hydrogen (secondary N) is 2. The van der Waals surface area contributed by atoms with Gasteiger partial charge in [0.2, 0.25) is 5.91 Å². The van der Waals surface area contributed by atoms with Gasteiger partial charge in [-0.05, 0) is 44.1 Å². The molecule has 22 heavy (non-hydrogen) atoms. The van der Waals surface area contributed by atoms with E-state index in [1.807, 2.05) is 17.8 Å². The summed E-state index contributed by atoms with van der Waals surface area (Å²) in [5.41, 5.74) is 1.65. The molecular formula is C16H22N4O2. The minimum Gasteiger partial charge on any atom is -0.351 e. The van der Waals surface area contributed by atoms with Crippen LogP contribution in [0.5, 0.6) is 0 Å². The average Bonchev–Trinajstić information content (AvgIpc) is 3.39. The van der Waals surface area contributed by atoms with Crippen molar-refractivity contribution in [3.8, 4) is 0 Å². The predicted molar refractivity (Wildman–Crippen MR) is 80.3 cm³/mol. The first kappa shape index (κ1) is 13.8. The van der Waals surface area contributed by atoms with E-state index in [1.165, 1.54) is 12.8 Å². The van der Waals surface area contributed by atoms with Gasteiger partial charge in [-0.1, -0.05) is 0 Å². The number of aryl methyl sites for hydroxylation is 1. The van der Waals surface area contributed by atoms with E-state index in [-0.39, 0.29) is 23.9 Å². The number of hydrogen-bond donors (Lipinski definition) is 2. The molecule has 118 valence electrons. The van der Waals surface area contributed by atoms with Gasteiger partial charge in [0.15, 0.2) is 0 Å². The van der Waals surface area contributed by atoms with Gasteiger partial charge in [0.1, 0.15) is 5.69 Å². The molecule has 0 spiro atoms. The van der Waals surface area contributed by atoms with Crippen molar-refractivity contribution in [2.45, 2.75) is 56.5 Å². The molecule has 2 heterocycles. The first-order chi connectivity index (χ1) is 10.6. The highest BCUT2D eigenvalue weighted by Gasteiger charge is 2.41. The number of carbonyl (C=O) groups is 2. The number of amides is 2. The minimum atomic E-state index is -0.116. The molecule has 3 fully saturated rings. The monoisotopic (exact) mass is 302 g/mol. The van der Waals surface area contributed by atoms with E-state index < -0.39 is 0 Å². The number of aromatic nitrogens is 2. The van der Waals surface area contributed by atoms with Crippen molar-refractivity contribution in [2.24, 2.45) is 13.0 Å². The lowest BCUT2D eigenvalue weighted by Gasteiger charge is -2.32. The van der Waals surface area contributed by atoms with Gasteiger partial charge in [-0.3, -0.25) is 14.3 Å². The molecule has 4 rings (SSSR count). The Labute approximate surface area is 129 Å². The van der Waals surface area contributed by atoms with Gasteiger partial charge in [-0.15, -0.1) is 0 Å². The van der Waals surface area contributed by atoms with Crippen molar-refractivity contribution in [3.63, 3.8) is 0 Å². The summed E-state index contributed by atoms with van der Waals surface area (Å²) in [6.45, 7) is 0. The Balaban J connectivity index is 1.46. The van der Waals surface area contributed by atoms with E-state index in [0.717, 1.165) is 25.0 Å². The first-order valence-corrected chi connectivity index (χ1v) is 8.26. The summed E-state index contributed by atoms with van der Waals surface area (Å²) < 4.78 is 1.83. The average molecular weight is 302 g/mol. The first-order valence-electron chi connectivity index (χ1n) is 8.26. The van der Waals surface area contributed by atoms with Crippen LogP contribution in [0.25, 0.3) is 0 Å². The summed E-state index contributed by atoms with van der Waals surface area (Å²) in [5.74, 6) is 1.10. The van der Waals surface area contributed by atoms with Crippen molar-refractivity contribution < 1.29 is 9.59 Å². The van der Waals surface area contributed by atoms with Crippen LogP contribution in [0.4, 0.5) is 0 Å². The maximum absolute atomic E-state index is 12.5. The van der Waals surface area contributed by atoms with Gasteiger partial charge >= 0.3 is 0 Å². The third-order valence-corrected chi connectivity index (χ3v) is 5.03. The smallest absolute Gasteiger partial charge is 0.272 e. The zero-order chi connectivity index (χ0) is 15.3. The Morgan fingerprint density at radius 3 is 2.77 bits per heavy atom. The summed E-state index contributed by atoms with van der Waals surface area (Å²) in [6.07, 6.45) is 5.89. The van der Waals surface area contributed by atoms with Crippen molar-refractivity contribution in [1.29, 1.82) is 0 Å². The van der Waals surface area contributed by atoms with Crippen molar-refractivity contribution >= 4 is 11.8 Å². The highest BCUT2D eigenvalue weighted by molar-refractivity contribution is 5.93. The lowest BCUT2D eigenvalue weighted by Crippen LogP contribution is -2.56. The standard InChI is InChI=1S/C16H22N4O2/c1-20-13(9-2-3-9)8-12(19-20)16(22)17-11-6-7-14(21)18-15(11)10-4-5-10/h8-11,15H,2-7H2,1H3,(H,17,22)(H,18,21)/t11-,15+/m1/s1. The molecule has 0 radical (unpaired) electrons. The Hall–Kier alpha value is -1.85. The fraction of sp³-hybridized carbons (Fsp3) is 0.688. The second-order valence-electron chi connectivity index (χ2n) is 6.90. The summed E-state index contributed by atoms with van der Waals surface area (Å²) in [7, 11) is 1.90. The Bertz CT molecular complexity index is 616. The molecule has 0 aromatic carbocycles. The number of hydrogen-bond acceptors (Lipinski definition) is 3. The second-order valence-corrected chi connectivity index (χ2v) is 6.90. The maximum Gasteiger partial charge on any atom is 0.272 e. The normalized spacial score (nSPS) is 28.3. The van der Waals surface area contributed by atoms with E-state index in [4.69, 9.17) is 0 Å². The van der Waals surface area contributed by atoms with Crippen molar-refractivity contribution in [1.82, 2.24) is 20.4 Å². The predicted octanol–water partition coefficient (Wildman–Crippen LogP) is 1.08. The van der Waals surface area contributed by atoms with Crippen LogP contribution in [-0.4, -0.2) is 33.7 Å². The number of carbonyl (C=O) groups excluding carboxylic acids is 2. The lowest BCUT2D eigenvalue weighted by atomic mass is 9.94. The largest absolute Gasteiger partial charge is 0.351 e. The van der Waals surface area contributed by atoms with Gasteiger partial charge in [0.05, 0.1) is 12.1 Å². The number of rotatable bonds is 4. The second kappa shape index (κ2) is 5.11. The molecule has 2 amide bonds. The molecule has 0 unspecified atom stereocenters. The summed E-state index contributed by atoms with van der Waals surface area (Å²) in [5, 5.41) is 10.5. The van der Waals surface area contributed by atoms with Gasteiger partial charge in [-0.25, -0.2) is 0 Å². The van der Waals surface area contributed by atoms with Crippen LogP contribution < -0.4 is 10.6 Å². The zero-order valence-corrected chi connectivity index (χ0v) is 12.8. The van der Waals surface area contributed by atoms with Crippen LogP contribution in [0.15, 0.2) is 6.07 Å². The molecular weight excluding hydrogens is 280 g/mol. The Kier molecular flexibility index (Phi) is 3.20. The fourth-order valence-corrected chi connectivity index (χ4v) is 3.48. The van der Waals surface area contributed by atoms with Gasteiger partial charge in [-0.2, -0.15) is 5.10 Å². The molecule has 2 atom stereocenters. The molecule has 1 aliphatic heterocycles. The van der Waals surface area contributed by atoms with Crippen LogP contribution >= 0.6 is 0 Å². The molecule has 2 saturated carbocycles. The van der Waals surface area contributed by atoms with Crippen molar-refractivity contribution in [3.05, 3.63) is 17.5 Å². The van der Waals surface area contributed by atoms with Gasteiger partial charge < -0.3 is 10.6 Å². The fourth-order valence-electron chi connectivity index (χ4n) is 3.48. The van der Waals surface area contributed by atoms with Crippen LogP contribution in [0.3, 0.4) is 0 Å². The highest BCUT2D eigenvalue weighted by Crippen LogP contribution is 2.40. The number of nitrogens with zero attached hydrogens (tertiary/aromatic N) is 2.